The molecule has 0 N–H and O–H groups in total. The molecule has 0 saturated carbocycles. The zero-order valence-electron chi connectivity index (χ0n) is 9.34. The lowest BCUT2D eigenvalue weighted by Crippen LogP contribution is -2.21. The first kappa shape index (κ1) is 10.6. The standard InChI is InChI=1S/C13H9FN2S2/c14-12-6-5-10(17-12)8-7-16-9-3-1-2-4-11(9)18-13(16)15-8/h1-6,8H,7H2. The monoisotopic (exact) mass is 276 g/mol. The van der Waals surface area contributed by atoms with Crippen molar-refractivity contribution >= 4 is 34.0 Å². The molecule has 0 aliphatic carbocycles. The van der Waals surface area contributed by atoms with Gasteiger partial charge in [-0.2, -0.15) is 4.39 Å². The number of thiophene rings is 1. The Morgan fingerprint density at radius 1 is 1.22 bits per heavy atom. The number of rotatable bonds is 1. The van der Waals surface area contributed by atoms with Gasteiger partial charge in [0.15, 0.2) is 10.3 Å². The van der Waals surface area contributed by atoms with Gasteiger partial charge in [0, 0.05) is 9.77 Å². The maximum absolute atomic E-state index is 13.1. The molecule has 0 spiro atoms. The van der Waals surface area contributed by atoms with Crippen molar-refractivity contribution in [1.29, 1.82) is 0 Å². The Bertz CT molecular complexity index is 650. The number of halogens is 1. The van der Waals surface area contributed by atoms with Crippen LogP contribution in [0.15, 0.2) is 46.3 Å². The summed E-state index contributed by atoms with van der Waals surface area (Å²) < 4.78 is 13.1. The van der Waals surface area contributed by atoms with Gasteiger partial charge in [0.1, 0.15) is 6.04 Å². The molecule has 0 fully saturated rings. The number of hydrogen-bond acceptors (Lipinski definition) is 4. The largest absolute Gasteiger partial charge is 0.317 e. The summed E-state index contributed by atoms with van der Waals surface area (Å²) in [5, 5.41) is 0.903. The van der Waals surface area contributed by atoms with Crippen molar-refractivity contribution < 1.29 is 4.39 Å². The van der Waals surface area contributed by atoms with E-state index < -0.39 is 0 Å². The van der Waals surface area contributed by atoms with E-state index in [-0.39, 0.29) is 11.2 Å². The van der Waals surface area contributed by atoms with Crippen molar-refractivity contribution in [2.75, 3.05) is 11.4 Å². The van der Waals surface area contributed by atoms with Crippen molar-refractivity contribution in [3.63, 3.8) is 0 Å². The molecular formula is C13H9FN2S2. The molecule has 2 aliphatic heterocycles. The van der Waals surface area contributed by atoms with E-state index in [0.717, 1.165) is 16.6 Å². The number of amidine groups is 1. The highest BCUT2D eigenvalue weighted by Gasteiger charge is 2.34. The number of anilines is 1. The van der Waals surface area contributed by atoms with E-state index in [1.54, 1.807) is 11.8 Å². The van der Waals surface area contributed by atoms with Gasteiger partial charge in [-0.05, 0) is 36.0 Å². The van der Waals surface area contributed by atoms with Crippen LogP contribution in [0.5, 0.6) is 0 Å². The molecule has 18 heavy (non-hydrogen) atoms. The topological polar surface area (TPSA) is 15.6 Å². The molecule has 5 heteroatoms. The van der Waals surface area contributed by atoms with Gasteiger partial charge in [-0.3, -0.25) is 4.99 Å². The minimum atomic E-state index is -0.134. The molecule has 1 aromatic carbocycles. The van der Waals surface area contributed by atoms with Gasteiger partial charge in [-0.1, -0.05) is 12.1 Å². The van der Waals surface area contributed by atoms with Crippen LogP contribution in [0.25, 0.3) is 0 Å². The van der Waals surface area contributed by atoms with Crippen molar-refractivity contribution in [3.8, 4) is 0 Å². The van der Waals surface area contributed by atoms with E-state index >= 15 is 0 Å². The maximum atomic E-state index is 13.1. The SMILES string of the molecule is Fc1ccc(C2CN3C(=N2)Sc2ccccc23)s1. The molecule has 4 rings (SSSR count). The summed E-state index contributed by atoms with van der Waals surface area (Å²) in [6, 6.07) is 11.7. The summed E-state index contributed by atoms with van der Waals surface area (Å²) in [4.78, 5) is 9.19. The molecular weight excluding hydrogens is 267 g/mol. The highest BCUT2D eigenvalue weighted by atomic mass is 32.2. The summed E-state index contributed by atoms with van der Waals surface area (Å²) in [5.74, 6) is 0. The normalized spacial score (nSPS) is 20.8. The lowest BCUT2D eigenvalue weighted by atomic mass is 10.2. The van der Waals surface area contributed by atoms with Gasteiger partial charge < -0.3 is 4.90 Å². The van der Waals surface area contributed by atoms with Gasteiger partial charge in [0.2, 0.25) is 0 Å². The number of thioether (sulfide) groups is 1. The third-order valence-electron chi connectivity index (χ3n) is 3.13. The molecule has 0 saturated heterocycles. The Morgan fingerprint density at radius 2 is 2.11 bits per heavy atom. The van der Waals surface area contributed by atoms with Crippen LogP contribution in [-0.4, -0.2) is 11.7 Å². The number of hydrogen-bond donors (Lipinski definition) is 0. The Kier molecular flexibility index (Phi) is 2.25. The van der Waals surface area contributed by atoms with Crippen LogP contribution in [0.3, 0.4) is 0 Å². The number of fused-ring (bicyclic) bond motifs is 3. The molecule has 2 aliphatic rings. The quantitative estimate of drug-likeness (QED) is 0.784. The van der Waals surface area contributed by atoms with Crippen LogP contribution >= 0.6 is 23.1 Å². The van der Waals surface area contributed by atoms with Gasteiger partial charge in [-0.15, -0.1) is 11.3 Å². The van der Waals surface area contributed by atoms with Crippen LogP contribution in [0.4, 0.5) is 10.1 Å². The lowest BCUT2D eigenvalue weighted by molar-refractivity contribution is 0.657. The van der Waals surface area contributed by atoms with Crippen LogP contribution in [0, 0.1) is 5.13 Å². The predicted octanol–water partition coefficient (Wildman–Crippen LogP) is 3.91. The Morgan fingerprint density at radius 3 is 2.94 bits per heavy atom. The fourth-order valence-corrected chi connectivity index (χ4v) is 4.15. The number of benzene rings is 1. The van der Waals surface area contributed by atoms with E-state index in [1.165, 1.54) is 28.0 Å². The van der Waals surface area contributed by atoms with Crippen LogP contribution < -0.4 is 4.90 Å². The highest BCUT2D eigenvalue weighted by Crippen LogP contribution is 2.45. The molecule has 2 aromatic rings. The van der Waals surface area contributed by atoms with Crippen LogP contribution in [0.2, 0.25) is 0 Å². The summed E-state index contributed by atoms with van der Waals surface area (Å²) in [6.45, 7) is 0.819. The lowest BCUT2D eigenvalue weighted by Gasteiger charge is -2.13. The van der Waals surface area contributed by atoms with Crippen molar-refractivity contribution in [1.82, 2.24) is 0 Å². The van der Waals surface area contributed by atoms with E-state index in [0.29, 0.717) is 0 Å². The second-order valence-electron chi connectivity index (χ2n) is 4.25. The third-order valence-corrected chi connectivity index (χ3v) is 5.18. The van der Waals surface area contributed by atoms with E-state index in [1.807, 2.05) is 18.2 Å². The fraction of sp³-hybridized carbons (Fsp3) is 0.154. The van der Waals surface area contributed by atoms with Gasteiger partial charge in [0.25, 0.3) is 0 Å². The zero-order valence-corrected chi connectivity index (χ0v) is 11.0. The highest BCUT2D eigenvalue weighted by molar-refractivity contribution is 8.14. The first-order valence-electron chi connectivity index (χ1n) is 5.69. The minimum Gasteiger partial charge on any atom is -0.317 e. The first-order valence-corrected chi connectivity index (χ1v) is 7.32. The molecule has 3 heterocycles. The molecule has 90 valence electrons. The average Bonchev–Trinajstić information content (AvgIpc) is 3.01. The van der Waals surface area contributed by atoms with Crippen LogP contribution in [-0.2, 0) is 0 Å². The van der Waals surface area contributed by atoms with Gasteiger partial charge >= 0.3 is 0 Å². The van der Waals surface area contributed by atoms with Crippen LogP contribution in [0.1, 0.15) is 10.9 Å². The van der Waals surface area contributed by atoms with E-state index in [2.05, 4.69) is 17.0 Å². The Hall–Kier alpha value is -1.33. The van der Waals surface area contributed by atoms with Crippen molar-refractivity contribution in [2.24, 2.45) is 4.99 Å². The Labute approximate surface area is 112 Å². The number of aliphatic imine (C=N–C) groups is 1. The molecule has 0 radical (unpaired) electrons. The minimum absolute atomic E-state index is 0.0790. The fourth-order valence-electron chi connectivity index (χ4n) is 2.30. The molecule has 1 unspecified atom stereocenters. The van der Waals surface area contributed by atoms with E-state index in [9.17, 15) is 4.39 Å². The second kappa shape index (κ2) is 3.83. The first-order chi connectivity index (χ1) is 8.81. The number of para-hydroxylation sites is 1. The summed E-state index contributed by atoms with van der Waals surface area (Å²) in [5.41, 5.74) is 1.22. The van der Waals surface area contributed by atoms with Crippen molar-refractivity contribution in [3.05, 3.63) is 46.4 Å². The summed E-state index contributed by atoms with van der Waals surface area (Å²) >= 11 is 2.89. The van der Waals surface area contributed by atoms with Gasteiger partial charge in [0.05, 0.1) is 12.2 Å². The van der Waals surface area contributed by atoms with E-state index in [4.69, 9.17) is 4.99 Å². The summed E-state index contributed by atoms with van der Waals surface area (Å²) in [7, 11) is 0. The molecule has 1 aromatic heterocycles. The van der Waals surface area contributed by atoms with Crippen molar-refractivity contribution in [2.45, 2.75) is 10.9 Å². The molecule has 0 bridgehead atoms. The smallest absolute Gasteiger partial charge is 0.176 e. The van der Waals surface area contributed by atoms with Gasteiger partial charge in [-0.25, -0.2) is 0 Å². The average molecular weight is 276 g/mol. The molecule has 2 nitrogen and oxygen atoms in total. The maximum Gasteiger partial charge on any atom is 0.176 e. The number of nitrogens with zero attached hydrogens (tertiary/aromatic N) is 2. The third kappa shape index (κ3) is 1.51. The summed E-state index contributed by atoms with van der Waals surface area (Å²) in [6.07, 6.45) is 0. The Balaban J connectivity index is 1.68. The second-order valence-corrected chi connectivity index (χ2v) is 6.32. The molecule has 0 amide bonds. The predicted molar refractivity (Wildman–Crippen MR) is 74.1 cm³/mol. The molecule has 1 atom stereocenters. The zero-order chi connectivity index (χ0) is 12.1.